The summed E-state index contributed by atoms with van der Waals surface area (Å²) in [5.41, 5.74) is 4.69. The van der Waals surface area contributed by atoms with Gasteiger partial charge in [-0.1, -0.05) is 0 Å². The van der Waals surface area contributed by atoms with Gasteiger partial charge in [-0.3, -0.25) is 10.3 Å². The molecule has 0 amide bonds. The second kappa shape index (κ2) is 10.5. The van der Waals surface area contributed by atoms with E-state index in [2.05, 4.69) is 20.7 Å². The lowest BCUT2D eigenvalue weighted by Crippen LogP contribution is -2.32. The van der Waals surface area contributed by atoms with Gasteiger partial charge in [-0.15, -0.1) is 0 Å². The van der Waals surface area contributed by atoms with Gasteiger partial charge in [0.2, 0.25) is 0 Å². The Morgan fingerprint density at radius 1 is 1.24 bits per heavy atom. The maximum absolute atomic E-state index is 13.7. The van der Waals surface area contributed by atoms with Gasteiger partial charge in [-0.25, -0.2) is 8.78 Å². The number of hydrogen-bond acceptors (Lipinski definition) is 5. The predicted molar refractivity (Wildman–Crippen MR) is 119 cm³/mol. The van der Waals surface area contributed by atoms with Gasteiger partial charge in [0.05, 0.1) is 19.0 Å². The zero-order valence-corrected chi connectivity index (χ0v) is 17.6. The number of thioether (sulfide) groups is 1. The van der Waals surface area contributed by atoms with Crippen molar-refractivity contribution in [1.82, 2.24) is 10.3 Å². The Morgan fingerprint density at radius 3 is 2.76 bits per heavy atom. The first-order valence-electron chi connectivity index (χ1n) is 9.07. The summed E-state index contributed by atoms with van der Waals surface area (Å²) in [4.78, 5) is 2.41. The lowest BCUT2D eigenvalue weighted by atomic mass is 10.1. The highest BCUT2D eigenvalue weighted by molar-refractivity contribution is 7.99. The average molecular weight is 437 g/mol. The molecule has 154 valence electrons. The largest absolute Gasteiger partial charge is 0.496 e. The number of benzene rings is 2. The molecule has 0 unspecified atom stereocenters. The molecular weight excluding hydrogens is 414 g/mol. The molecule has 5 nitrogen and oxygen atoms in total. The van der Waals surface area contributed by atoms with Gasteiger partial charge in [0.15, 0.2) is 5.11 Å². The number of halogens is 2. The topological polar surface area (TPSA) is 48.9 Å². The van der Waals surface area contributed by atoms with Crippen LogP contribution in [0.25, 0.3) is 0 Å². The molecule has 0 saturated carbocycles. The first kappa shape index (κ1) is 21.5. The summed E-state index contributed by atoms with van der Waals surface area (Å²) in [7, 11) is 1.67. The number of hydrazone groups is 1. The first-order valence-corrected chi connectivity index (χ1v) is 10.6. The van der Waals surface area contributed by atoms with Gasteiger partial charge in [-0.05, 0) is 48.1 Å². The quantitative estimate of drug-likeness (QED) is 0.408. The molecule has 0 bridgehead atoms. The molecule has 0 radical (unpaired) electrons. The van der Waals surface area contributed by atoms with E-state index in [1.54, 1.807) is 13.3 Å². The molecule has 2 aromatic rings. The fraction of sp³-hybridized carbons (Fsp3) is 0.300. The minimum Gasteiger partial charge on any atom is -0.496 e. The maximum atomic E-state index is 13.7. The van der Waals surface area contributed by atoms with E-state index >= 15 is 0 Å². The number of methoxy groups -OCH3 is 1. The van der Waals surface area contributed by atoms with Crippen molar-refractivity contribution in [2.75, 3.05) is 37.0 Å². The van der Waals surface area contributed by atoms with Crippen LogP contribution in [-0.4, -0.2) is 47.9 Å². The zero-order valence-electron chi connectivity index (χ0n) is 16.0. The van der Waals surface area contributed by atoms with Crippen LogP contribution in [0.5, 0.6) is 5.75 Å². The van der Waals surface area contributed by atoms with E-state index in [0.717, 1.165) is 60.1 Å². The van der Waals surface area contributed by atoms with E-state index < -0.39 is 11.6 Å². The summed E-state index contributed by atoms with van der Waals surface area (Å²) in [5, 5.41) is 6.84. The lowest BCUT2D eigenvalue weighted by molar-refractivity contribution is 0.288. The molecular formula is C20H22F2N4OS2. The molecule has 0 spiro atoms. The summed E-state index contributed by atoms with van der Waals surface area (Å²) >= 11 is 7.07. The van der Waals surface area contributed by atoms with Crippen molar-refractivity contribution in [3.63, 3.8) is 0 Å². The number of rotatable bonds is 6. The van der Waals surface area contributed by atoms with E-state index in [9.17, 15) is 8.78 Å². The monoisotopic (exact) mass is 436 g/mol. The molecule has 9 heteroatoms. The van der Waals surface area contributed by atoms with E-state index in [4.69, 9.17) is 17.0 Å². The SMILES string of the molecule is COc1ccc(/C=N/NC(=S)Nc2ccc(F)cc2F)cc1CN1CCSCC1. The first-order chi connectivity index (χ1) is 14.0. The third-order valence-corrected chi connectivity index (χ3v) is 5.50. The number of anilines is 1. The van der Waals surface area contributed by atoms with E-state index in [1.165, 1.54) is 6.07 Å². The summed E-state index contributed by atoms with van der Waals surface area (Å²) in [6.45, 7) is 2.95. The molecule has 0 atom stereocenters. The highest BCUT2D eigenvalue weighted by Gasteiger charge is 2.13. The van der Waals surface area contributed by atoms with Gasteiger partial charge in [-0.2, -0.15) is 16.9 Å². The Morgan fingerprint density at radius 2 is 2.03 bits per heavy atom. The van der Waals surface area contributed by atoms with E-state index in [0.29, 0.717) is 0 Å². The molecule has 1 heterocycles. The molecule has 1 aliphatic heterocycles. The molecule has 1 aliphatic rings. The third-order valence-electron chi connectivity index (χ3n) is 4.36. The minimum atomic E-state index is -0.728. The Balaban J connectivity index is 1.60. The van der Waals surface area contributed by atoms with Crippen molar-refractivity contribution in [3.05, 3.63) is 59.2 Å². The summed E-state index contributed by atoms with van der Waals surface area (Å²) in [6.07, 6.45) is 1.63. The van der Waals surface area contributed by atoms with Crippen molar-refractivity contribution in [1.29, 1.82) is 0 Å². The fourth-order valence-electron chi connectivity index (χ4n) is 2.91. The summed E-state index contributed by atoms with van der Waals surface area (Å²) in [6, 6.07) is 9.06. The van der Waals surface area contributed by atoms with Gasteiger partial charge < -0.3 is 10.1 Å². The van der Waals surface area contributed by atoms with Crippen LogP contribution in [0.2, 0.25) is 0 Å². The van der Waals surface area contributed by atoms with Gasteiger partial charge >= 0.3 is 0 Å². The standard InChI is InChI=1S/C20H22F2N4OS2/c1-27-19-5-2-14(10-15(19)13-26-6-8-29-9-7-26)12-23-25-20(28)24-18-4-3-16(21)11-17(18)22/h2-5,10-12H,6-9,13H2,1H3,(H2,24,25,28)/b23-12+. The molecule has 0 aliphatic carbocycles. The molecule has 29 heavy (non-hydrogen) atoms. The van der Waals surface area contributed by atoms with Gasteiger partial charge in [0.1, 0.15) is 17.4 Å². The number of hydrogen-bond donors (Lipinski definition) is 2. The second-order valence-electron chi connectivity index (χ2n) is 6.41. The molecule has 3 rings (SSSR count). The van der Waals surface area contributed by atoms with E-state index in [1.807, 2.05) is 30.0 Å². The minimum absolute atomic E-state index is 0.0746. The number of nitrogens with zero attached hydrogens (tertiary/aromatic N) is 2. The van der Waals surface area contributed by atoms with Crippen molar-refractivity contribution >= 4 is 41.0 Å². The Kier molecular flexibility index (Phi) is 7.79. The van der Waals surface area contributed by atoms with Gasteiger partial charge in [0.25, 0.3) is 0 Å². The number of nitrogens with one attached hydrogen (secondary N) is 2. The van der Waals surface area contributed by atoms with E-state index in [-0.39, 0.29) is 10.8 Å². The van der Waals surface area contributed by atoms with Crippen LogP contribution in [-0.2, 0) is 6.54 Å². The van der Waals surface area contributed by atoms with Crippen molar-refractivity contribution in [2.24, 2.45) is 5.10 Å². The van der Waals surface area contributed by atoms with Crippen LogP contribution in [0.1, 0.15) is 11.1 Å². The van der Waals surface area contributed by atoms with Crippen LogP contribution in [0.4, 0.5) is 14.5 Å². The van der Waals surface area contributed by atoms with Crippen molar-refractivity contribution < 1.29 is 13.5 Å². The Bertz CT molecular complexity index is 889. The Labute approximate surface area is 178 Å². The van der Waals surface area contributed by atoms with Gasteiger partial charge in [0, 0.05) is 42.8 Å². The molecule has 0 aromatic heterocycles. The normalized spacial score (nSPS) is 14.7. The smallest absolute Gasteiger partial charge is 0.191 e. The molecule has 2 aromatic carbocycles. The van der Waals surface area contributed by atoms with Crippen LogP contribution < -0.4 is 15.5 Å². The third kappa shape index (κ3) is 6.38. The average Bonchev–Trinajstić information content (AvgIpc) is 2.71. The Hall–Kier alpha value is -2.23. The highest BCUT2D eigenvalue weighted by atomic mass is 32.2. The highest BCUT2D eigenvalue weighted by Crippen LogP contribution is 2.22. The van der Waals surface area contributed by atoms with Crippen LogP contribution >= 0.6 is 24.0 Å². The fourth-order valence-corrected chi connectivity index (χ4v) is 4.05. The second-order valence-corrected chi connectivity index (χ2v) is 8.04. The van der Waals surface area contributed by atoms with Crippen LogP contribution in [0, 0.1) is 11.6 Å². The predicted octanol–water partition coefficient (Wildman–Crippen LogP) is 3.84. The number of ether oxygens (including phenoxy) is 1. The molecule has 1 saturated heterocycles. The zero-order chi connectivity index (χ0) is 20.6. The van der Waals surface area contributed by atoms with Crippen molar-refractivity contribution in [3.8, 4) is 5.75 Å². The summed E-state index contributed by atoms with van der Waals surface area (Å²) < 4.78 is 32.1. The number of thiocarbonyl (C=S) groups is 1. The van der Waals surface area contributed by atoms with Crippen LogP contribution in [0.3, 0.4) is 0 Å². The summed E-state index contributed by atoms with van der Waals surface area (Å²) in [5.74, 6) is 1.76. The molecule has 2 N–H and O–H groups in total. The molecule has 1 fully saturated rings. The maximum Gasteiger partial charge on any atom is 0.191 e. The van der Waals surface area contributed by atoms with Crippen LogP contribution in [0.15, 0.2) is 41.5 Å². The lowest BCUT2D eigenvalue weighted by Gasteiger charge is -2.26. The van der Waals surface area contributed by atoms with Crippen molar-refractivity contribution in [2.45, 2.75) is 6.54 Å².